The van der Waals surface area contributed by atoms with E-state index in [0.29, 0.717) is 24.3 Å². The highest BCUT2D eigenvalue weighted by molar-refractivity contribution is 5.70. The van der Waals surface area contributed by atoms with E-state index in [4.69, 9.17) is 23.7 Å². The Morgan fingerprint density at radius 3 is 1.30 bits per heavy atom. The molecule has 0 aromatic heterocycles. The van der Waals surface area contributed by atoms with Gasteiger partial charge in [-0.15, -0.1) is 0 Å². The predicted molar refractivity (Wildman–Crippen MR) is 278 cm³/mol. The number of ether oxygens (including phenoxy) is 5. The van der Waals surface area contributed by atoms with Gasteiger partial charge in [-0.1, -0.05) is 208 Å². The molecular formula is C60H90O7. The molecule has 0 N–H and O–H groups in total. The second-order valence-electron chi connectivity index (χ2n) is 18.2. The Kier molecular flexibility index (Phi) is 32.0. The summed E-state index contributed by atoms with van der Waals surface area (Å²) < 4.78 is 31.1. The molecular weight excluding hydrogens is 833 g/mol. The molecule has 3 aromatic rings. The van der Waals surface area contributed by atoms with Gasteiger partial charge in [0.05, 0.1) is 20.8 Å². The van der Waals surface area contributed by atoms with Gasteiger partial charge in [0.25, 0.3) is 0 Å². The summed E-state index contributed by atoms with van der Waals surface area (Å²) in [5.41, 5.74) is 1.10. The maximum Gasteiger partial charge on any atom is 0.306 e. The van der Waals surface area contributed by atoms with Gasteiger partial charge < -0.3 is 23.7 Å². The van der Waals surface area contributed by atoms with Gasteiger partial charge in [0.2, 0.25) is 0 Å². The molecule has 0 aliphatic carbocycles. The van der Waals surface area contributed by atoms with Gasteiger partial charge in [0.1, 0.15) is 18.1 Å². The largest absolute Gasteiger partial charge is 0.496 e. The third-order valence-electron chi connectivity index (χ3n) is 12.7. The van der Waals surface area contributed by atoms with E-state index in [2.05, 4.69) is 38.2 Å². The number of hydrogen-bond acceptors (Lipinski definition) is 7. The van der Waals surface area contributed by atoms with E-state index in [0.717, 1.165) is 80.9 Å². The molecule has 0 amide bonds. The first-order valence-corrected chi connectivity index (χ1v) is 26.6. The number of esters is 2. The van der Waals surface area contributed by atoms with Crippen molar-refractivity contribution in [2.24, 2.45) is 0 Å². The first-order chi connectivity index (χ1) is 33.0. The number of carbonyl (C=O) groups is 2. The molecule has 0 aliphatic heterocycles. The van der Waals surface area contributed by atoms with Crippen LogP contribution >= 0.6 is 0 Å². The fraction of sp³-hybridized carbons (Fsp3) is 0.600. The fourth-order valence-electron chi connectivity index (χ4n) is 8.76. The van der Waals surface area contributed by atoms with Gasteiger partial charge in [0.15, 0.2) is 11.7 Å². The summed E-state index contributed by atoms with van der Waals surface area (Å²) in [6, 6.07) is 25.5. The van der Waals surface area contributed by atoms with Crippen molar-refractivity contribution in [2.45, 2.75) is 205 Å². The van der Waals surface area contributed by atoms with E-state index >= 15 is 0 Å². The molecule has 0 bridgehead atoms. The molecule has 0 fully saturated rings. The molecule has 3 aromatic carbocycles. The second-order valence-corrected chi connectivity index (χ2v) is 18.2. The standard InChI is InChI=1S/C60H90O7/c1-5-7-9-11-13-15-17-19-21-23-25-27-29-31-36-48-58(61)65-50-53(67-59(62)49-37-32-30-28-26-24-22-20-18-16-14-12-10-8-6-2)51-66-60(52-42-34-33-35-43-52,54-44-38-40-46-56(54)63-3)55-45-39-41-47-57(55)64-4/h19-22,33-35,38-47,53H,5-18,23-32,36-37,48-51H2,1-4H3/b21-19-,22-20-. The van der Waals surface area contributed by atoms with Gasteiger partial charge in [0, 0.05) is 24.0 Å². The minimum absolute atomic E-state index is 0.0518. The Morgan fingerprint density at radius 2 is 0.851 bits per heavy atom. The van der Waals surface area contributed by atoms with E-state index in [-0.39, 0.29) is 25.2 Å². The molecule has 0 saturated heterocycles. The predicted octanol–water partition coefficient (Wildman–Crippen LogP) is 16.5. The van der Waals surface area contributed by atoms with Crippen LogP contribution in [0.15, 0.2) is 103 Å². The molecule has 0 spiro atoms. The zero-order chi connectivity index (χ0) is 47.9. The molecule has 7 heteroatoms. The summed E-state index contributed by atoms with van der Waals surface area (Å²) in [5, 5.41) is 0. The summed E-state index contributed by atoms with van der Waals surface area (Å²) in [5.74, 6) is 0.641. The molecule has 67 heavy (non-hydrogen) atoms. The Balaban J connectivity index is 1.61. The minimum atomic E-state index is -1.25. The maximum atomic E-state index is 13.5. The van der Waals surface area contributed by atoms with Crippen molar-refractivity contribution >= 4 is 11.9 Å². The zero-order valence-electron chi connectivity index (χ0n) is 42.5. The molecule has 0 heterocycles. The van der Waals surface area contributed by atoms with E-state index in [1.165, 1.54) is 103 Å². The van der Waals surface area contributed by atoms with Crippen molar-refractivity contribution in [3.8, 4) is 11.5 Å². The van der Waals surface area contributed by atoms with Crippen LogP contribution in [0.2, 0.25) is 0 Å². The summed E-state index contributed by atoms with van der Waals surface area (Å²) in [4.78, 5) is 26.7. The second kappa shape index (κ2) is 37.6. The number of benzene rings is 3. The summed E-state index contributed by atoms with van der Waals surface area (Å²) in [6.45, 7) is 4.37. The van der Waals surface area contributed by atoms with Crippen LogP contribution < -0.4 is 9.47 Å². The average molecular weight is 923 g/mol. The lowest BCUT2D eigenvalue weighted by atomic mass is 9.79. The highest BCUT2D eigenvalue weighted by Crippen LogP contribution is 2.47. The van der Waals surface area contributed by atoms with Crippen LogP contribution in [0.5, 0.6) is 11.5 Å². The Hall–Kier alpha value is -4.36. The van der Waals surface area contributed by atoms with Crippen molar-refractivity contribution in [2.75, 3.05) is 27.4 Å². The van der Waals surface area contributed by atoms with E-state index in [1.807, 2.05) is 78.9 Å². The van der Waals surface area contributed by atoms with Gasteiger partial charge in [-0.05, 0) is 81.9 Å². The van der Waals surface area contributed by atoms with E-state index in [1.54, 1.807) is 14.2 Å². The van der Waals surface area contributed by atoms with E-state index in [9.17, 15) is 9.59 Å². The summed E-state index contributed by atoms with van der Waals surface area (Å²) in [7, 11) is 3.29. The number of para-hydroxylation sites is 2. The van der Waals surface area contributed by atoms with Crippen LogP contribution in [0.4, 0.5) is 0 Å². The highest BCUT2D eigenvalue weighted by atomic mass is 16.6. The van der Waals surface area contributed by atoms with Crippen LogP contribution in [-0.4, -0.2) is 45.5 Å². The molecule has 0 radical (unpaired) electrons. The van der Waals surface area contributed by atoms with Gasteiger partial charge in [-0.2, -0.15) is 0 Å². The number of rotatable bonds is 41. The van der Waals surface area contributed by atoms with Crippen molar-refractivity contribution in [3.05, 3.63) is 120 Å². The minimum Gasteiger partial charge on any atom is -0.496 e. The molecule has 7 nitrogen and oxygen atoms in total. The van der Waals surface area contributed by atoms with Gasteiger partial charge in [-0.3, -0.25) is 9.59 Å². The Bertz CT molecular complexity index is 1700. The lowest BCUT2D eigenvalue weighted by molar-refractivity contribution is -0.165. The van der Waals surface area contributed by atoms with Crippen molar-refractivity contribution in [1.29, 1.82) is 0 Å². The first kappa shape index (κ1) is 57.0. The van der Waals surface area contributed by atoms with Crippen LogP contribution in [0, 0.1) is 0 Å². The molecule has 1 atom stereocenters. The number of carbonyl (C=O) groups excluding carboxylic acids is 2. The van der Waals surface area contributed by atoms with Crippen molar-refractivity contribution < 1.29 is 33.3 Å². The molecule has 0 saturated carbocycles. The van der Waals surface area contributed by atoms with E-state index < -0.39 is 11.7 Å². The molecule has 0 aliphatic rings. The van der Waals surface area contributed by atoms with Gasteiger partial charge >= 0.3 is 11.9 Å². The van der Waals surface area contributed by atoms with Crippen molar-refractivity contribution in [1.82, 2.24) is 0 Å². The summed E-state index contributed by atoms with van der Waals surface area (Å²) >= 11 is 0. The monoisotopic (exact) mass is 923 g/mol. The number of methoxy groups -OCH3 is 2. The number of allylic oxidation sites excluding steroid dienone is 4. The maximum absolute atomic E-state index is 13.5. The Morgan fingerprint density at radius 1 is 0.463 bits per heavy atom. The van der Waals surface area contributed by atoms with Crippen LogP contribution in [0.25, 0.3) is 0 Å². The zero-order valence-corrected chi connectivity index (χ0v) is 42.5. The fourth-order valence-corrected chi connectivity index (χ4v) is 8.76. The normalized spacial score (nSPS) is 12.2. The lowest BCUT2D eigenvalue weighted by Crippen LogP contribution is -2.39. The van der Waals surface area contributed by atoms with Crippen LogP contribution in [0.3, 0.4) is 0 Å². The van der Waals surface area contributed by atoms with Crippen LogP contribution in [0.1, 0.15) is 210 Å². The topological polar surface area (TPSA) is 80.3 Å². The highest BCUT2D eigenvalue weighted by Gasteiger charge is 2.43. The average Bonchev–Trinajstić information content (AvgIpc) is 3.36. The first-order valence-electron chi connectivity index (χ1n) is 26.6. The number of hydrogen-bond donors (Lipinski definition) is 0. The van der Waals surface area contributed by atoms with Crippen molar-refractivity contribution in [3.63, 3.8) is 0 Å². The number of unbranched alkanes of at least 4 members (excludes halogenated alkanes) is 22. The Labute approximate surface area is 407 Å². The summed E-state index contributed by atoms with van der Waals surface area (Å²) in [6.07, 6.45) is 40.1. The SMILES string of the molecule is CCCCCCCC/C=C\CCCCCCCC(=O)OCC(COC(c1ccccc1)(c1ccccc1OC)c1ccccc1OC)OC(=O)CCCCCCC/C=C\CCCCCCCC. The van der Waals surface area contributed by atoms with Crippen LogP contribution in [-0.2, 0) is 29.4 Å². The molecule has 3 rings (SSSR count). The lowest BCUT2D eigenvalue weighted by Gasteiger charge is -2.38. The third-order valence-corrected chi connectivity index (χ3v) is 12.7. The smallest absolute Gasteiger partial charge is 0.306 e. The molecule has 1 unspecified atom stereocenters. The quantitative estimate of drug-likeness (QED) is 0.0243. The third kappa shape index (κ3) is 23.5. The van der Waals surface area contributed by atoms with Gasteiger partial charge in [-0.25, -0.2) is 0 Å². The molecule has 372 valence electrons.